The molecular weight excluding hydrogens is 619 g/mol. The van der Waals surface area contributed by atoms with Crippen molar-refractivity contribution in [1.82, 2.24) is 30.0 Å². The summed E-state index contributed by atoms with van der Waals surface area (Å²) in [5.74, 6) is 0.407. The molecule has 2 saturated heterocycles. The standard InChI is InChI=1S/C35H34ClFN8O2/c36-22-35(34(47)40-27-8-11-30-29(20-27)32(42-41-30)24-2-6-26(37)7-3-24)12-15-43(23-35)21-31(46)45-18-16-44(17-19-45)28-9-4-25(5-10-28)33-38-13-1-14-39-33/h1-11,13-14,20H,12,15-19,21-23H2,(H,40,47)(H,41,42)/t35-/m0/s1. The van der Waals surface area contributed by atoms with Gasteiger partial charge in [-0.25, -0.2) is 14.4 Å². The van der Waals surface area contributed by atoms with Gasteiger partial charge < -0.3 is 15.1 Å². The minimum atomic E-state index is -0.817. The zero-order valence-corrected chi connectivity index (χ0v) is 26.5. The number of hydrogen-bond donors (Lipinski definition) is 2. The van der Waals surface area contributed by atoms with Crippen molar-refractivity contribution in [1.29, 1.82) is 0 Å². The maximum atomic E-state index is 13.6. The van der Waals surface area contributed by atoms with E-state index < -0.39 is 5.41 Å². The number of benzene rings is 3. The van der Waals surface area contributed by atoms with Crippen LogP contribution in [0.15, 0.2) is 85.2 Å². The third-order valence-corrected chi connectivity index (χ3v) is 9.67. The second kappa shape index (κ2) is 13.1. The van der Waals surface area contributed by atoms with Crippen molar-refractivity contribution in [2.75, 3.05) is 61.9 Å². The summed E-state index contributed by atoms with van der Waals surface area (Å²) in [7, 11) is 0. The SMILES string of the molecule is O=C(CN1CC[C@@](CCl)(C(=O)Nc2ccc3[nH]nc(-c4ccc(F)cc4)c3c2)C1)N1CCN(c2ccc(-c3ncccn3)cc2)CC1. The summed E-state index contributed by atoms with van der Waals surface area (Å²) in [6.45, 7) is 4.01. The van der Waals surface area contributed by atoms with E-state index in [1.165, 1.54) is 12.1 Å². The third-order valence-electron chi connectivity index (χ3n) is 9.16. The highest BCUT2D eigenvalue weighted by atomic mass is 35.5. The molecule has 0 unspecified atom stereocenters. The number of aromatic amines is 1. The number of aromatic nitrogens is 4. The highest BCUT2D eigenvalue weighted by molar-refractivity contribution is 6.20. The lowest BCUT2D eigenvalue weighted by atomic mass is 9.88. The number of carbonyl (C=O) groups is 2. The van der Waals surface area contributed by atoms with E-state index >= 15 is 0 Å². The van der Waals surface area contributed by atoms with E-state index in [1.54, 1.807) is 30.6 Å². The van der Waals surface area contributed by atoms with Crippen molar-refractivity contribution in [2.24, 2.45) is 5.41 Å². The number of nitrogens with zero attached hydrogens (tertiary/aromatic N) is 6. The Hall–Kier alpha value is -4.87. The van der Waals surface area contributed by atoms with Crippen LogP contribution in [0.3, 0.4) is 0 Å². The van der Waals surface area contributed by atoms with Gasteiger partial charge >= 0.3 is 0 Å². The maximum Gasteiger partial charge on any atom is 0.236 e. The monoisotopic (exact) mass is 652 g/mol. The van der Waals surface area contributed by atoms with E-state index in [0.717, 1.165) is 40.8 Å². The fourth-order valence-corrected chi connectivity index (χ4v) is 6.75. The van der Waals surface area contributed by atoms with Gasteiger partial charge in [0.05, 0.1) is 23.2 Å². The van der Waals surface area contributed by atoms with Gasteiger partial charge in [-0.15, -0.1) is 11.6 Å². The predicted molar refractivity (Wildman–Crippen MR) is 181 cm³/mol. The first kappa shape index (κ1) is 30.8. The highest BCUT2D eigenvalue weighted by Gasteiger charge is 2.44. The van der Waals surface area contributed by atoms with Crippen LogP contribution in [-0.4, -0.2) is 93.5 Å². The summed E-state index contributed by atoms with van der Waals surface area (Å²) in [4.78, 5) is 41.8. The Balaban J connectivity index is 0.939. The van der Waals surface area contributed by atoms with Gasteiger partial charge in [0.25, 0.3) is 0 Å². The maximum absolute atomic E-state index is 13.6. The summed E-state index contributed by atoms with van der Waals surface area (Å²) in [6, 6.07) is 21.7. The van der Waals surface area contributed by atoms with Gasteiger partial charge in [-0.1, -0.05) is 0 Å². The fraction of sp³-hybridized carbons (Fsp3) is 0.286. The third kappa shape index (κ3) is 6.41. The van der Waals surface area contributed by atoms with E-state index in [4.69, 9.17) is 11.6 Å². The van der Waals surface area contributed by atoms with E-state index in [0.29, 0.717) is 49.8 Å². The molecule has 2 N–H and O–H groups in total. The van der Waals surface area contributed by atoms with Crippen LogP contribution in [0.2, 0.25) is 0 Å². The number of likely N-dealkylation sites (tertiary alicyclic amines) is 1. The average molecular weight is 653 g/mol. The van der Waals surface area contributed by atoms with Crippen molar-refractivity contribution < 1.29 is 14.0 Å². The van der Waals surface area contributed by atoms with Gasteiger partial charge in [0.15, 0.2) is 5.82 Å². The Bertz CT molecular complexity index is 1880. The van der Waals surface area contributed by atoms with Gasteiger partial charge in [-0.05, 0) is 85.8 Å². The molecular formula is C35H34ClFN8O2. The average Bonchev–Trinajstić information content (AvgIpc) is 3.74. The smallest absolute Gasteiger partial charge is 0.236 e. The summed E-state index contributed by atoms with van der Waals surface area (Å²) in [6.07, 6.45) is 4.02. The lowest BCUT2D eigenvalue weighted by molar-refractivity contribution is -0.133. The van der Waals surface area contributed by atoms with E-state index in [2.05, 4.69) is 42.5 Å². The molecule has 1 atom stereocenters. The van der Waals surface area contributed by atoms with Gasteiger partial charge in [-0.3, -0.25) is 19.6 Å². The predicted octanol–water partition coefficient (Wildman–Crippen LogP) is 5.04. The fourth-order valence-electron chi connectivity index (χ4n) is 6.41. The number of hydrogen-bond acceptors (Lipinski definition) is 7. The Morgan fingerprint density at radius 1 is 0.915 bits per heavy atom. The number of rotatable bonds is 8. The summed E-state index contributed by atoms with van der Waals surface area (Å²) < 4.78 is 13.5. The van der Waals surface area contributed by atoms with E-state index in [9.17, 15) is 14.0 Å². The molecule has 7 rings (SSSR count). The van der Waals surface area contributed by atoms with Crippen LogP contribution in [0.5, 0.6) is 0 Å². The van der Waals surface area contributed by atoms with Gasteiger partial charge in [-0.2, -0.15) is 5.10 Å². The molecule has 2 fully saturated rings. The summed E-state index contributed by atoms with van der Waals surface area (Å²) in [5, 5.41) is 11.3. The molecule has 0 spiro atoms. The molecule has 4 heterocycles. The molecule has 0 saturated carbocycles. The first-order valence-corrected chi connectivity index (χ1v) is 16.2. The molecule has 12 heteroatoms. The zero-order chi connectivity index (χ0) is 32.4. The van der Waals surface area contributed by atoms with Crippen molar-refractivity contribution in [3.05, 3.63) is 91.0 Å². The van der Waals surface area contributed by atoms with Crippen molar-refractivity contribution in [3.63, 3.8) is 0 Å². The number of amides is 2. The molecule has 3 aromatic carbocycles. The minimum absolute atomic E-state index is 0.0609. The Kier molecular flexibility index (Phi) is 8.57. The van der Waals surface area contributed by atoms with Crippen LogP contribution in [0.4, 0.5) is 15.8 Å². The summed E-state index contributed by atoms with van der Waals surface area (Å²) in [5.41, 5.74) is 4.11. The number of alkyl halides is 1. The first-order chi connectivity index (χ1) is 22.9. The molecule has 2 aliphatic heterocycles. The number of nitrogens with one attached hydrogen (secondary N) is 2. The molecule has 240 valence electrons. The second-order valence-corrected chi connectivity index (χ2v) is 12.4. The zero-order valence-electron chi connectivity index (χ0n) is 25.7. The highest BCUT2D eigenvalue weighted by Crippen LogP contribution is 2.35. The largest absolute Gasteiger partial charge is 0.368 e. The molecule has 0 radical (unpaired) electrons. The molecule has 0 bridgehead atoms. The number of carbonyl (C=O) groups excluding carboxylic acids is 2. The van der Waals surface area contributed by atoms with Crippen molar-refractivity contribution >= 4 is 45.7 Å². The molecule has 0 aliphatic carbocycles. The van der Waals surface area contributed by atoms with Crippen LogP contribution in [0, 0.1) is 11.2 Å². The van der Waals surface area contributed by atoms with Crippen LogP contribution in [0.25, 0.3) is 33.5 Å². The molecule has 2 amide bonds. The lowest BCUT2D eigenvalue weighted by Gasteiger charge is -2.37. The topological polar surface area (TPSA) is 110 Å². The lowest BCUT2D eigenvalue weighted by Crippen LogP contribution is -2.51. The Morgan fingerprint density at radius 2 is 1.64 bits per heavy atom. The number of anilines is 2. The number of halogens is 2. The van der Waals surface area contributed by atoms with Crippen molar-refractivity contribution in [3.8, 4) is 22.6 Å². The molecule has 47 heavy (non-hydrogen) atoms. The normalized spacial score (nSPS) is 18.5. The van der Waals surface area contributed by atoms with E-state index in [-0.39, 0.29) is 30.1 Å². The molecule has 5 aromatic rings. The minimum Gasteiger partial charge on any atom is -0.368 e. The van der Waals surface area contributed by atoms with E-state index in [1.807, 2.05) is 40.1 Å². The number of piperazine rings is 1. The van der Waals surface area contributed by atoms with Crippen LogP contribution >= 0.6 is 11.6 Å². The Morgan fingerprint density at radius 3 is 2.36 bits per heavy atom. The van der Waals surface area contributed by atoms with Gasteiger partial charge in [0, 0.05) is 78.9 Å². The molecule has 2 aromatic heterocycles. The van der Waals surface area contributed by atoms with Gasteiger partial charge in [0.2, 0.25) is 11.8 Å². The quantitative estimate of drug-likeness (QED) is 0.226. The number of H-pyrrole nitrogens is 1. The summed E-state index contributed by atoms with van der Waals surface area (Å²) >= 11 is 6.45. The van der Waals surface area contributed by atoms with Crippen LogP contribution < -0.4 is 10.2 Å². The van der Waals surface area contributed by atoms with Crippen LogP contribution in [0.1, 0.15) is 6.42 Å². The molecule has 2 aliphatic rings. The first-order valence-electron chi connectivity index (χ1n) is 15.6. The molecule has 10 nitrogen and oxygen atoms in total. The number of fused-ring (bicyclic) bond motifs is 1. The van der Waals surface area contributed by atoms with Crippen LogP contribution in [-0.2, 0) is 9.59 Å². The second-order valence-electron chi connectivity index (χ2n) is 12.2. The Labute approximate surface area is 276 Å². The van der Waals surface area contributed by atoms with Crippen molar-refractivity contribution in [2.45, 2.75) is 6.42 Å². The van der Waals surface area contributed by atoms with Gasteiger partial charge in [0.1, 0.15) is 5.82 Å².